The van der Waals surface area contributed by atoms with Gasteiger partial charge in [0.25, 0.3) is 0 Å². The topological polar surface area (TPSA) is 0 Å². The summed E-state index contributed by atoms with van der Waals surface area (Å²) in [5.41, 5.74) is 0. The Morgan fingerprint density at radius 1 is 0.500 bits per heavy atom. The Morgan fingerprint density at radius 2 is 0.800 bits per heavy atom. The van der Waals surface area contributed by atoms with Crippen LogP contribution in [0.1, 0.15) is 64.2 Å². The summed E-state index contributed by atoms with van der Waals surface area (Å²) in [5.74, 6) is 0. The van der Waals surface area contributed by atoms with Crippen LogP contribution in [-0.2, 0) is 0 Å². The van der Waals surface area contributed by atoms with Crippen molar-refractivity contribution in [2.75, 3.05) is 53.4 Å². The molecule has 0 amide bonds. The van der Waals surface area contributed by atoms with Crippen molar-refractivity contribution in [2.24, 2.45) is 0 Å². The number of nitrogens with zero attached hydrogens (tertiary/aromatic N) is 2. The molecule has 2 saturated heterocycles. The zero-order valence-electron chi connectivity index (χ0n) is 14.2. The Bertz CT molecular complexity index is 235. The second kappa shape index (κ2) is 7.79. The van der Waals surface area contributed by atoms with E-state index in [1.807, 2.05) is 0 Å². The van der Waals surface area contributed by atoms with Crippen LogP contribution in [0.2, 0.25) is 0 Å². The maximum Gasteiger partial charge on any atom is 0.0786 e. The summed E-state index contributed by atoms with van der Waals surface area (Å²) in [4.78, 5) is 0. The van der Waals surface area contributed by atoms with Gasteiger partial charge in [0.15, 0.2) is 0 Å². The van der Waals surface area contributed by atoms with Crippen molar-refractivity contribution in [1.82, 2.24) is 0 Å². The van der Waals surface area contributed by atoms with E-state index in [9.17, 15) is 0 Å². The summed E-state index contributed by atoms with van der Waals surface area (Å²) in [6, 6.07) is 0. The molecule has 2 aliphatic heterocycles. The minimum absolute atomic E-state index is 1.37. The van der Waals surface area contributed by atoms with Crippen molar-refractivity contribution < 1.29 is 8.97 Å². The number of hydrogen-bond acceptors (Lipinski definition) is 0. The van der Waals surface area contributed by atoms with Crippen LogP contribution in [-0.4, -0.2) is 62.3 Å². The molecule has 0 aromatic carbocycles. The summed E-state index contributed by atoms with van der Waals surface area (Å²) in [5, 5.41) is 0. The maximum absolute atomic E-state index is 2.47. The van der Waals surface area contributed by atoms with Crippen molar-refractivity contribution in [2.45, 2.75) is 64.2 Å². The predicted molar refractivity (Wildman–Crippen MR) is 87.7 cm³/mol. The molecule has 0 unspecified atom stereocenters. The fourth-order valence-electron chi connectivity index (χ4n) is 4.34. The molecule has 0 N–H and O–H groups in total. The van der Waals surface area contributed by atoms with Crippen LogP contribution in [0, 0.1) is 0 Å². The van der Waals surface area contributed by atoms with E-state index >= 15 is 0 Å². The highest BCUT2D eigenvalue weighted by Crippen LogP contribution is 2.19. The molecule has 0 atom stereocenters. The Labute approximate surface area is 127 Å². The second-order valence-corrected chi connectivity index (χ2v) is 8.12. The Hall–Kier alpha value is -0.0800. The minimum Gasteiger partial charge on any atom is -0.326 e. The minimum atomic E-state index is 1.37. The molecule has 20 heavy (non-hydrogen) atoms. The molecular formula is C18H38N2+2. The molecule has 2 aliphatic rings. The van der Waals surface area contributed by atoms with Crippen LogP contribution in [0.15, 0.2) is 0 Å². The summed E-state index contributed by atoms with van der Waals surface area (Å²) in [6.07, 6.45) is 14.7. The van der Waals surface area contributed by atoms with Gasteiger partial charge in [-0.2, -0.15) is 0 Å². The summed E-state index contributed by atoms with van der Waals surface area (Å²) in [6.45, 7) is 8.64. The third kappa shape index (κ3) is 5.37. The molecule has 0 radical (unpaired) electrons. The Kier molecular flexibility index (Phi) is 6.35. The van der Waals surface area contributed by atoms with Gasteiger partial charge in [-0.3, -0.25) is 0 Å². The van der Waals surface area contributed by atoms with E-state index in [1.165, 1.54) is 112 Å². The summed E-state index contributed by atoms with van der Waals surface area (Å²) < 4.78 is 2.74. The normalized spacial score (nSPS) is 24.3. The van der Waals surface area contributed by atoms with Gasteiger partial charge >= 0.3 is 0 Å². The third-order valence-corrected chi connectivity index (χ3v) is 5.94. The van der Waals surface area contributed by atoms with Gasteiger partial charge in [-0.05, 0) is 25.7 Å². The molecule has 0 bridgehead atoms. The number of unbranched alkanes of at least 4 members (excludes halogenated alkanes) is 5. The van der Waals surface area contributed by atoms with Gasteiger partial charge in [-0.15, -0.1) is 0 Å². The van der Waals surface area contributed by atoms with Crippen molar-refractivity contribution in [3.05, 3.63) is 0 Å². The fraction of sp³-hybridized carbons (Fsp3) is 1.00. The number of hydrogen-bond donors (Lipinski definition) is 0. The van der Waals surface area contributed by atoms with Crippen LogP contribution < -0.4 is 0 Å². The summed E-state index contributed by atoms with van der Waals surface area (Å²) in [7, 11) is 4.93. The molecule has 2 heterocycles. The Morgan fingerprint density at radius 3 is 1.15 bits per heavy atom. The van der Waals surface area contributed by atoms with Gasteiger partial charge in [0.05, 0.1) is 53.4 Å². The maximum atomic E-state index is 2.47. The average Bonchev–Trinajstić information content (AvgIpc) is 3.03. The van der Waals surface area contributed by atoms with Gasteiger partial charge in [-0.1, -0.05) is 12.8 Å². The van der Waals surface area contributed by atoms with E-state index in [4.69, 9.17) is 0 Å². The largest absolute Gasteiger partial charge is 0.326 e. The lowest BCUT2D eigenvalue weighted by atomic mass is 10.1. The molecule has 2 rings (SSSR count). The lowest BCUT2D eigenvalue weighted by Gasteiger charge is -2.29. The van der Waals surface area contributed by atoms with Crippen molar-refractivity contribution in [3.63, 3.8) is 0 Å². The quantitative estimate of drug-likeness (QED) is 0.446. The smallest absolute Gasteiger partial charge is 0.0786 e. The van der Waals surface area contributed by atoms with Crippen molar-refractivity contribution in [1.29, 1.82) is 0 Å². The van der Waals surface area contributed by atoms with Crippen LogP contribution in [0.3, 0.4) is 0 Å². The molecule has 0 spiro atoms. The molecule has 2 nitrogen and oxygen atoms in total. The van der Waals surface area contributed by atoms with Gasteiger partial charge in [-0.25, -0.2) is 0 Å². The molecule has 118 valence electrons. The van der Waals surface area contributed by atoms with E-state index in [2.05, 4.69) is 14.1 Å². The fourth-order valence-corrected chi connectivity index (χ4v) is 4.34. The first-order chi connectivity index (χ1) is 9.62. The zero-order chi connectivity index (χ0) is 14.3. The third-order valence-electron chi connectivity index (χ3n) is 5.94. The van der Waals surface area contributed by atoms with E-state index in [0.29, 0.717) is 0 Å². The highest BCUT2D eigenvalue weighted by atomic mass is 15.3. The first-order valence-electron chi connectivity index (χ1n) is 9.29. The van der Waals surface area contributed by atoms with Gasteiger partial charge < -0.3 is 8.97 Å². The van der Waals surface area contributed by atoms with E-state index in [0.717, 1.165) is 0 Å². The monoisotopic (exact) mass is 282 g/mol. The predicted octanol–water partition coefficient (Wildman–Crippen LogP) is 3.81. The van der Waals surface area contributed by atoms with Crippen molar-refractivity contribution >= 4 is 0 Å². The van der Waals surface area contributed by atoms with Crippen LogP contribution >= 0.6 is 0 Å². The lowest BCUT2D eigenvalue weighted by Crippen LogP contribution is -2.41. The average molecular weight is 283 g/mol. The first-order valence-corrected chi connectivity index (χ1v) is 9.29. The first kappa shape index (κ1) is 16.3. The lowest BCUT2D eigenvalue weighted by molar-refractivity contribution is -0.897. The van der Waals surface area contributed by atoms with Crippen LogP contribution in [0.4, 0.5) is 0 Å². The zero-order valence-corrected chi connectivity index (χ0v) is 14.2. The molecule has 0 aromatic rings. The molecule has 2 heteroatoms. The van der Waals surface area contributed by atoms with Gasteiger partial charge in [0.2, 0.25) is 0 Å². The Balaban J connectivity index is 1.40. The molecule has 0 aliphatic carbocycles. The highest BCUT2D eigenvalue weighted by molar-refractivity contribution is 4.54. The van der Waals surface area contributed by atoms with E-state index in [1.54, 1.807) is 0 Å². The molecule has 0 saturated carbocycles. The highest BCUT2D eigenvalue weighted by Gasteiger charge is 2.26. The van der Waals surface area contributed by atoms with Crippen LogP contribution in [0.5, 0.6) is 0 Å². The van der Waals surface area contributed by atoms with E-state index in [-0.39, 0.29) is 0 Å². The number of quaternary nitrogens is 2. The van der Waals surface area contributed by atoms with Gasteiger partial charge in [0.1, 0.15) is 0 Å². The van der Waals surface area contributed by atoms with Crippen LogP contribution in [0.25, 0.3) is 0 Å². The molecule has 2 fully saturated rings. The second-order valence-electron chi connectivity index (χ2n) is 8.12. The standard InChI is InChI=1S/C18H38N2/c1-19(15-9-10-16-19)13-7-5-3-4-6-8-14-20(2)17-11-12-18-20/h3-18H2,1-2H3/q+2. The van der Waals surface area contributed by atoms with Crippen molar-refractivity contribution in [3.8, 4) is 0 Å². The molecule has 0 aromatic heterocycles. The van der Waals surface area contributed by atoms with Gasteiger partial charge in [0, 0.05) is 25.7 Å². The number of likely N-dealkylation sites (tertiary alicyclic amines) is 2. The molecular weight excluding hydrogens is 244 g/mol. The number of rotatable bonds is 9. The SMILES string of the molecule is C[N+]1(CCCCCCCC[N+]2(C)CCCC2)CCCC1. The summed E-state index contributed by atoms with van der Waals surface area (Å²) >= 11 is 0. The van der Waals surface area contributed by atoms with E-state index < -0.39 is 0 Å².